The van der Waals surface area contributed by atoms with Crippen molar-refractivity contribution in [1.29, 1.82) is 0 Å². The summed E-state index contributed by atoms with van der Waals surface area (Å²) in [6, 6.07) is 14.3. The minimum atomic E-state index is -0.167. The van der Waals surface area contributed by atoms with Crippen molar-refractivity contribution in [2.45, 2.75) is 12.8 Å². The minimum absolute atomic E-state index is 0.0623. The third-order valence-electron chi connectivity index (χ3n) is 3.08. The van der Waals surface area contributed by atoms with E-state index in [2.05, 4.69) is 33.2 Å². The maximum Gasteiger partial charge on any atom is 0.251 e. The predicted octanol–water partition coefficient (Wildman–Crippen LogP) is 4.09. The van der Waals surface area contributed by atoms with Crippen LogP contribution in [0.4, 0.5) is 5.69 Å². The Balaban J connectivity index is 1.69. The summed E-state index contributed by atoms with van der Waals surface area (Å²) in [6.45, 7) is 0.446. The highest BCUT2D eigenvalue weighted by molar-refractivity contribution is 14.1. The maximum atomic E-state index is 11.9. The Labute approximate surface area is 153 Å². The summed E-state index contributed by atoms with van der Waals surface area (Å²) >= 11 is 7.97. The van der Waals surface area contributed by atoms with Gasteiger partial charge in [-0.15, -0.1) is 0 Å². The standard InChI is InChI=1S/C17H16ClIN2O2/c18-13-8-6-12(7-9-13)17(23)20-10-2-5-16(22)21-15-4-1-3-14(19)11-15/h1,3-4,6-9,11H,2,5,10H2,(H,20,23)(H,21,22). The third kappa shape index (κ3) is 6.19. The van der Waals surface area contributed by atoms with Crippen LogP contribution in [0.3, 0.4) is 0 Å². The molecule has 0 unspecified atom stereocenters. The number of carbonyl (C=O) groups excluding carboxylic acids is 2. The van der Waals surface area contributed by atoms with Crippen molar-refractivity contribution < 1.29 is 9.59 Å². The average molecular weight is 443 g/mol. The lowest BCUT2D eigenvalue weighted by Crippen LogP contribution is -2.25. The van der Waals surface area contributed by atoms with Crippen molar-refractivity contribution in [3.05, 3.63) is 62.7 Å². The van der Waals surface area contributed by atoms with E-state index in [1.807, 2.05) is 24.3 Å². The molecule has 0 aliphatic heterocycles. The number of rotatable bonds is 6. The number of amides is 2. The Kier molecular flexibility index (Phi) is 6.85. The molecular weight excluding hydrogens is 427 g/mol. The zero-order valence-electron chi connectivity index (χ0n) is 12.3. The van der Waals surface area contributed by atoms with Crippen molar-refractivity contribution in [2.24, 2.45) is 0 Å². The number of carbonyl (C=O) groups is 2. The summed E-state index contributed by atoms with van der Waals surface area (Å²) in [5.41, 5.74) is 1.34. The lowest BCUT2D eigenvalue weighted by Gasteiger charge is -2.07. The van der Waals surface area contributed by atoms with Gasteiger partial charge in [0.25, 0.3) is 5.91 Å². The first-order valence-electron chi connectivity index (χ1n) is 7.14. The van der Waals surface area contributed by atoms with Crippen LogP contribution in [0.2, 0.25) is 5.02 Å². The molecule has 2 aromatic rings. The van der Waals surface area contributed by atoms with E-state index in [0.717, 1.165) is 9.26 Å². The fraction of sp³-hybridized carbons (Fsp3) is 0.176. The van der Waals surface area contributed by atoms with E-state index in [1.54, 1.807) is 24.3 Å². The van der Waals surface area contributed by atoms with Crippen molar-refractivity contribution >= 4 is 51.7 Å². The molecule has 0 aliphatic rings. The molecule has 2 aromatic carbocycles. The maximum absolute atomic E-state index is 11.9. The van der Waals surface area contributed by atoms with Crippen LogP contribution in [0, 0.1) is 3.57 Å². The molecular formula is C17H16ClIN2O2. The molecule has 4 nitrogen and oxygen atoms in total. The quantitative estimate of drug-likeness (QED) is 0.523. The summed E-state index contributed by atoms with van der Waals surface area (Å²) in [6.07, 6.45) is 0.932. The van der Waals surface area contributed by atoms with Crippen LogP contribution in [0.25, 0.3) is 0 Å². The summed E-state index contributed by atoms with van der Waals surface area (Å²) in [5.74, 6) is -0.229. The zero-order chi connectivity index (χ0) is 16.7. The number of nitrogens with one attached hydrogen (secondary N) is 2. The average Bonchev–Trinajstić information content (AvgIpc) is 2.52. The van der Waals surface area contributed by atoms with Gasteiger partial charge in [0.2, 0.25) is 5.91 Å². The van der Waals surface area contributed by atoms with Crippen molar-refractivity contribution in [3.8, 4) is 0 Å². The van der Waals surface area contributed by atoms with Gasteiger partial charge < -0.3 is 10.6 Å². The first kappa shape index (κ1) is 17.7. The van der Waals surface area contributed by atoms with Crippen LogP contribution in [0.5, 0.6) is 0 Å². The van der Waals surface area contributed by atoms with Crippen molar-refractivity contribution in [2.75, 3.05) is 11.9 Å². The molecule has 23 heavy (non-hydrogen) atoms. The smallest absolute Gasteiger partial charge is 0.251 e. The van der Waals surface area contributed by atoms with Crippen LogP contribution in [-0.2, 0) is 4.79 Å². The van der Waals surface area contributed by atoms with Gasteiger partial charge in [0.1, 0.15) is 0 Å². The van der Waals surface area contributed by atoms with Crippen LogP contribution < -0.4 is 10.6 Å². The molecule has 0 spiro atoms. The van der Waals surface area contributed by atoms with Crippen LogP contribution >= 0.6 is 34.2 Å². The Hall–Kier alpha value is -1.60. The number of hydrogen-bond acceptors (Lipinski definition) is 2. The summed E-state index contributed by atoms with van der Waals surface area (Å²) < 4.78 is 1.07. The minimum Gasteiger partial charge on any atom is -0.352 e. The van der Waals surface area contributed by atoms with Gasteiger partial charge in [-0.2, -0.15) is 0 Å². The molecule has 0 atom stereocenters. The van der Waals surface area contributed by atoms with E-state index in [9.17, 15) is 9.59 Å². The van der Waals surface area contributed by atoms with E-state index >= 15 is 0 Å². The molecule has 6 heteroatoms. The van der Waals surface area contributed by atoms with Gasteiger partial charge in [-0.25, -0.2) is 0 Å². The summed E-state index contributed by atoms with van der Waals surface area (Å²) in [7, 11) is 0. The number of hydrogen-bond donors (Lipinski definition) is 2. The highest BCUT2D eigenvalue weighted by Crippen LogP contribution is 2.13. The van der Waals surface area contributed by atoms with Gasteiger partial charge in [0.15, 0.2) is 0 Å². The molecule has 2 amide bonds. The monoisotopic (exact) mass is 442 g/mol. The first-order chi connectivity index (χ1) is 11.0. The van der Waals surface area contributed by atoms with E-state index < -0.39 is 0 Å². The Morgan fingerprint density at radius 2 is 1.83 bits per heavy atom. The van der Waals surface area contributed by atoms with Gasteiger partial charge in [0, 0.05) is 32.8 Å². The molecule has 0 aromatic heterocycles. The Bertz CT molecular complexity index is 689. The molecule has 0 fully saturated rings. The van der Waals surface area contributed by atoms with Gasteiger partial charge in [0.05, 0.1) is 0 Å². The van der Waals surface area contributed by atoms with Gasteiger partial charge in [-0.1, -0.05) is 17.7 Å². The normalized spacial score (nSPS) is 10.2. The molecule has 0 bridgehead atoms. The second-order valence-corrected chi connectivity index (χ2v) is 6.61. The highest BCUT2D eigenvalue weighted by atomic mass is 127. The molecule has 120 valence electrons. The van der Waals surface area contributed by atoms with Crippen molar-refractivity contribution in [1.82, 2.24) is 5.32 Å². The van der Waals surface area contributed by atoms with Crippen LogP contribution in [0.15, 0.2) is 48.5 Å². The van der Waals surface area contributed by atoms with Gasteiger partial charge in [-0.05, 0) is 71.5 Å². The first-order valence-corrected chi connectivity index (χ1v) is 8.59. The van der Waals surface area contributed by atoms with Crippen LogP contribution in [0.1, 0.15) is 23.2 Å². The van der Waals surface area contributed by atoms with Gasteiger partial charge in [-0.3, -0.25) is 9.59 Å². The lowest BCUT2D eigenvalue weighted by molar-refractivity contribution is -0.116. The Morgan fingerprint density at radius 1 is 1.09 bits per heavy atom. The molecule has 0 radical (unpaired) electrons. The van der Waals surface area contributed by atoms with Crippen LogP contribution in [-0.4, -0.2) is 18.4 Å². The highest BCUT2D eigenvalue weighted by Gasteiger charge is 2.06. The number of halogens is 2. The fourth-order valence-corrected chi connectivity index (χ4v) is 2.61. The molecule has 2 rings (SSSR count). The van der Waals surface area contributed by atoms with E-state index in [1.165, 1.54) is 0 Å². The number of anilines is 1. The summed E-state index contributed by atoms with van der Waals surface area (Å²) in [5, 5.41) is 6.21. The van der Waals surface area contributed by atoms with Crippen molar-refractivity contribution in [3.63, 3.8) is 0 Å². The second-order valence-electron chi connectivity index (χ2n) is 4.92. The fourth-order valence-electron chi connectivity index (χ4n) is 1.94. The zero-order valence-corrected chi connectivity index (χ0v) is 15.2. The third-order valence-corrected chi connectivity index (χ3v) is 4.00. The lowest BCUT2D eigenvalue weighted by atomic mass is 10.2. The number of benzene rings is 2. The van der Waals surface area contributed by atoms with E-state index in [4.69, 9.17) is 11.6 Å². The second kappa shape index (κ2) is 8.88. The SMILES string of the molecule is O=C(CCCNC(=O)c1ccc(Cl)cc1)Nc1cccc(I)c1. The molecule has 0 saturated heterocycles. The molecule has 0 aliphatic carbocycles. The van der Waals surface area contributed by atoms with E-state index in [-0.39, 0.29) is 11.8 Å². The Morgan fingerprint density at radius 3 is 2.52 bits per heavy atom. The molecule has 0 heterocycles. The predicted molar refractivity (Wildman–Crippen MR) is 101 cm³/mol. The molecule has 2 N–H and O–H groups in total. The van der Waals surface area contributed by atoms with E-state index in [0.29, 0.717) is 30.0 Å². The largest absolute Gasteiger partial charge is 0.352 e. The van der Waals surface area contributed by atoms with Gasteiger partial charge >= 0.3 is 0 Å². The molecule has 0 saturated carbocycles. The summed E-state index contributed by atoms with van der Waals surface area (Å²) in [4.78, 5) is 23.7. The topological polar surface area (TPSA) is 58.2 Å².